The molecule has 0 bridgehead atoms. The molecule has 41 heavy (non-hydrogen) atoms. The second-order valence-electron chi connectivity index (χ2n) is 9.18. The van der Waals surface area contributed by atoms with Gasteiger partial charge >= 0.3 is 5.97 Å². The zero-order chi connectivity index (χ0) is 29.1. The quantitative estimate of drug-likeness (QED) is 0.183. The molecule has 0 aliphatic rings. The highest BCUT2D eigenvalue weighted by molar-refractivity contribution is 6.31. The fraction of sp³-hybridized carbons (Fsp3) is 0.167. The highest BCUT2D eigenvalue weighted by Crippen LogP contribution is 2.31. The van der Waals surface area contributed by atoms with E-state index in [2.05, 4.69) is 9.97 Å². The zero-order valence-electron chi connectivity index (χ0n) is 21.7. The van der Waals surface area contributed by atoms with Gasteiger partial charge in [-0.25, -0.2) is 23.5 Å². The fourth-order valence-corrected chi connectivity index (χ4v) is 4.75. The monoisotopic (exact) mass is 597 g/mol. The van der Waals surface area contributed by atoms with E-state index in [1.54, 1.807) is 34.9 Å². The summed E-state index contributed by atoms with van der Waals surface area (Å²) in [6.45, 7) is 0.796. The molecule has 0 aliphatic carbocycles. The molecule has 11 heteroatoms. The lowest BCUT2D eigenvalue weighted by Crippen LogP contribution is -2.10. The minimum absolute atomic E-state index is 0.00827. The number of rotatable bonds is 10. The summed E-state index contributed by atoms with van der Waals surface area (Å²) in [7, 11) is 1.51. The average molecular weight is 598 g/mol. The van der Waals surface area contributed by atoms with Crippen LogP contribution in [0.3, 0.4) is 0 Å². The summed E-state index contributed by atoms with van der Waals surface area (Å²) in [4.78, 5) is 20.3. The predicted octanol–water partition coefficient (Wildman–Crippen LogP) is 7.20. The van der Waals surface area contributed by atoms with Gasteiger partial charge in [-0.15, -0.1) is 0 Å². The van der Waals surface area contributed by atoms with Crippen molar-refractivity contribution in [2.24, 2.45) is 0 Å². The number of fused-ring (bicyclic) bond motifs is 1. The van der Waals surface area contributed by atoms with Crippen molar-refractivity contribution in [1.29, 1.82) is 0 Å². The van der Waals surface area contributed by atoms with Gasteiger partial charge in [0.05, 0.1) is 23.4 Å². The van der Waals surface area contributed by atoms with Crippen LogP contribution < -0.4 is 4.74 Å². The van der Waals surface area contributed by atoms with Crippen LogP contribution in [0.1, 0.15) is 27.3 Å². The van der Waals surface area contributed by atoms with Crippen LogP contribution >= 0.6 is 23.2 Å². The Labute approximate surface area is 243 Å². The Balaban J connectivity index is 1.43. The van der Waals surface area contributed by atoms with E-state index < -0.39 is 17.6 Å². The van der Waals surface area contributed by atoms with Crippen molar-refractivity contribution < 1.29 is 28.2 Å². The second-order valence-corrected chi connectivity index (χ2v) is 10.0. The molecule has 0 saturated carbocycles. The fourth-order valence-electron chi connectivity index (χ4n) is 4.39. The summed E-state index contributed by atoms with van der Waals surface area (Å²) in [5.41, 5.74) is 1.92. The number of imidazole rings is 1. The Morgan fingerprint density at radius 1 is 1.00 bits per heavy atom. The highest BCUT2D eigenvalue weighted by Gasteiger charge is 2.20. The average Bonchev–Trinajstić information content (AvgIpc) is 3.30. The summed E-state index contributed by atoms with van der Waals surface area (Å²) in [6, 6.07) is 17.3. The van der Waals surface area contributed by atoms with Crippen molar-refractivity contribution in [2.75, 3.05) is 13.7 Å². The van der Waals surface area contributed by atoms with Crippen LogP contribution in [-0.4, -0.2) is 39.3 Å². The molecule has 0 radical (unpaired) electrons. The molecule has 7 nitrogen and oxygen atoms in total. The number of carbonyl (C=O) groups is 1. The van der Waals surface area contributed by atoms with Gasteiger partial charge < -0.3 is 19.1 Å². The third kappa shape index (κ3) is 6.32. The van der Waals surface area contributed by atoms with E-state index in [1.807, 2.05) is 12.1 Å². The third-order valence-corrected chi connectivity index (χ3v) is 7.04. The zero-order valence-corrected chi connectivity index (χ0v) is 23.2. The van der Waals surface area contributed by atoms with E-state index >= 15 is 4.39 Å². The standard InChI is InChI=1S/C30H23Cl2F2N3O4/c1-40-10-9-37-26-13-19(30(38)39)12-24(34)29(26)36-27(37)14-18-11-23(33)21(15-22(18)32)25-3-2-4-28(35-25)41-16-17-5-7-20(31)8-6-17/h2-8,11-13,15H,9-10,14,16H2,1H3,(H,38,39). The van der Waals surface area contributed by atoms with E-state index in [1.165, 1.54) is 25.3 Å². The molecule has 210 valence electrons. The summed E-state index contributed by atoms with van der Waals surface area (Å²) >= 11 is 12.5. The van der Waals surface area contributed by atoms with Gasteiger partial charge in [-0.1, -0.05) is 41.4 Å². The van der Waals surface area contributed by atoms with E-state index in [-0.39, 0.29) is 47.8 Å². The largest absolute Gasteiger partial charge is 0.478 e. The van der Waals surface area contributed by atoms with Crippen LogP contribution in [0.2, 0.25) is 10.0 Å². The third-order valence-electron chi connectivity index (χ3n) is 6.44. The molecule has 0 unspecified atom stereocenters. The van der Waals surface area contributed by atoms with E-state index in [4.69, 9.17) is 32.7 Å². The molecule has 5 aromatic rings. The number of carboxylic acids is 1. The first-order valence-electron chi connectivity index (χ1n) is 12.5. The number of pyridine rings is 1. The smallest absolute Gasteiger partial charge is 0.335 e. The number of methoxy groups -OCH3 is 1. The molecule has 0 saturated heterocycles. The first kappa shape index (κ1) is 28.5. The van der Waals surface area contributed by atoms with Crippen LogP contribution in [0.4, 0.5) is 8.78 Å². The van der Waals surface area contributed by atoms with Crippen molar-refractivity contribution in [3.05, 3.63) is 111 Å². The number of hydrogen-bond acceptors (Lipinski definition) is 5. The molecule has 2 aromatic heterocycles. The van der Waals surface area contributed by atoms with Crippen LogP contribution in [0, 0.1) is 11.6 Å². The number of benzene rings is 3. The number of carboxylic acid groups (broad SMARTS) is 1. The van der Waals surface area contributed by atoms with Crippen LogP contribution in [0.15, 0.2) is 66.7 Å². The lowest BCUT2D eigenvalue weighted by molar-refractivity contribution is 0.0696. The Hall–Kier alpha value is -4.05. The molecule has 1 N–H and O–H groups in total. The Morgan fingerprint density at radius 2 is 1.78 bits per heavy atom. The van der Waals surface area contributed by atoms with E-state index in [0.717, 1.165) is 11.6 Å². The van der Waals surface area contributed by atoms with Gasteiger partial charge in [0.25, 0.3) is 0 Å². The SMILES string of the molecule is COCCn1c(Cc2cc(F)c(-c3cccc(OCc4ccc(Cl)cc4)n3)cc2Cl)nc2c(F)cc(C(=O)O)cc21. The minimum Gasteiger partial charge on any atom is -0.478 e. The Bertz CT molecular complexity index is 1740. The van der Waals surface area contributed by atoms with Gasteiger partial charge in [0.1, 0.15) is 23.8 Å². The van der Waals surface area contributed by atoms with Gasteiger partial charge in [0.15, 0.2) is 5.82 Å². The van der Waals surface area contributed by atoms with Crippen molar-refractivity contribution in [3.8, 4) is 17.1 Å². The summed E-state index contributed by atoms with van der Waals surface area (Å²) in [6.07, 6.45) is 0.0634. The van der Waals surface area contributed by atoms with Gasteiger partial charge in [-0.2, -0.15) is 0 Å². The number of nitrogens with zero attached hydrogens (tertiary/aromatic N) is 3. The first-order valence-corrected chi connectivity index (χ1v) is 13.2. The number of aromatic nitrogens is 3. The van der Waals surface area contributed by atoms with Gasteiger partial charge in [0, 0.05) is 41.8 Å². The number of halogens is 4. The normalized spacial score (nSPS) is 11.2. The summed E-state index contributed by atoms with van der Waals surface area (Å²) < 4.78 is 42.8. The van der Waals surface area contributed by atoms with Gasteiger partial charge in [-0.3, -0.25) is 0 Å². The second kappa shape index (κ2) is 12.2. The summed E-state index contributed by atoms with van der Waals surface area (Å²) in [5, 5.41) is 10.3. The molecule has 0 fully saturated rings. The van der Waals surface area contributed by atoms with Crippen molar-refractivity contribution in [1.82, 2.24) is 14.5 Å². The van der Waals surface area contributed by atoms with Crippen molar-refractivity contribution >= 4 is 40.2 Å². The minimum atomic E-state index is -1.26. The maximum atomic E-state index is 15.4. The van der Waals surface area contributed by atoms with Gasteiger partial charge in [-0.05, 0) is 53.6 Å². The number of ether oxygens (including phenoxy) is 2. The van der Waals surface area contributed by atoms with E-state index in [0.29, 0.717) is 33.5 Å². The molecule has 0 atom stereocenters. The molecule has 3 aromatic carbocycles. The number of aromatic carboxylic acids is 1. The topological polar surface area (TPSA) is 86.5 Å². The van der Waals surface area contributed by atoms with E-state index in [9.17, 15) is 14.3 Å². The lowest BCUT2D eigenvalue weighted by Gasteiger charge is -2.12. The molecule has 0 spiro atoms. The molecule has 5 rings (SSSR count). The maximum Gasteiger partial charge on any atom is 0.335 e. The Morgan fingerprint density at radius 3 is 2.51 bits per heavy atom. The summed E-state index contributed by atoms with van der Waals surface area (Å²) in [5.74, 6) is -1.91. The lowest BCUT2D eigenvalue weighted by atomic mass is 10.0. The van der Waals surface area contributed by atoms with Gasteiger partial charge in [0.2, 0.25) is 5.88 Å². The predicted molar refractivity (Wildman–Crippen MR) is 152 cm³/mol. The number of hydrogen-bond donors (Lipinski definition) is 1. The molecule has 0 amide bonds. The molecular formula is C30H23Cl2F2N3O4. The van der Waals surface area contributed by atoms with Crippen molar-refractivity contribution in [3.63, 3.8) is 0 Å². The van der Waals surface area contributed by atoms with Crippen LogP contribution in [0.25, 0.3) is 22.3 Å². The highest BCUT2D eigenvalue weighted by atomic mass is 35.5. The first-order chi connectivity index (χ1) is 19.7. The maximum absolute atomic E-state index is 15.4. The van der Waals surface area contributed by atoms with Crippen molar-refractivity contribution in [2.45, 2.75) is 19.6 Å². The van der Waals surface area contributed by atoms with Crippen LogP contribution in [-0.2, 0) is 24.3 Å². The molecule has 0 aliphatic heterocycles. The molecule has 2 heterocycles. The Kier molecular flexibility index (Phi) is 8.49. The molecular weight excluding hydrogens is 575 g/mol. The van der Waals surface area contributed by atoms with Crippen LogP contribution in [0.5, 0.6) is 5.88 Å².